The maximum absolute atomic E-state index is 13.9. The molecule has 0 aromatic heterocycles. The van der Waals surface area contributed by atoms with Gasteiger partial charge in [-0.05, 0) is 51.5 Å². The molecule has 4 aliphatic rings. The predicted molar refractivity (Wildman–Crippen MR) is 197 cm³/mol. The smallest absolute Gasteiger partial charge is 0.312 e. The largest absolute Gasteiger partial charge is 0.744 e. The normalized spacial score (nSPS) is 25.0. The Morgan fingerprint density at radius 1 is 1.00 bits per heavy atom. The van der Waals surface area contributed by atoms with E-state index in [-0.39, 0.29) is 20.7 Å². The summed E-state index contributed by atoms with van der Waals surface area (Å²) < 4.78 is 43.5. The minimum absolute atomic E-state index is 0.00129. The lowest BCUT2D eigenvalue weighted by Gasteiger charge is -2.50. The molecule has 2 saturated heterocycles. The molecule has 0 saturated carbocycles. The Balaban J connectivity index is 1.20. The van der Waals surface area contributed by atoms with E-state index in [1.54, 1.807) is 12.3 Å². The van der Waals surface area contributed by atoms with Crippen molar-refractivity contribution < 1.29 is 37.0 Å². The molecule has 1 amide bonds. The highest BCUT2D eigenvalue weighted by Gasteiger charge is 2.86. The van der Waals surface area contributed by atoms with E-state index in [0.29, 0.717) is 31.7 Å². The van der Waals surface area contributed by atoms with Crippen LogP contribution in [-0.2, 0) is 35.1 Å². The minimum atomic E-state index is -4.73. The van der Waals surface area contributed by atoms with Gasteiger partial charge >= 0.3 is 5.91 Å². The number of hydrogen-bond acceptors (Lipinski definition) is 9. The van der Waals surface area contributed by atoms with Crippen molar-refractivity contribution in [1.82, 2.24) is 9.38 Å². The van der Waals surface area contributed by atoms with Crippen molar-refractivity contribution in [2.45, 2.75) is 60.4 Å². The van der Waals surface area contributed by atoms with E-state index in [1.807, 2.05) is 84.8 Å². The summed E-state index contributed by atoms with van der Waals surface area (Å²) in [6.45, 7) is 9.91. The monoisotopic (exact) mass is 740 g/mol. The fourth-order valence-corrected chi connectivity index (χ4v) is 9.51. The summed E-state index contributed by atoms with van der Waals surface area (Å²) in [6.07, 6.45) is 12.4. The molecule has 2 fully saturated rings. The molecule has 0 N–H and O–H groups in total. The Bertz CT molecular complexity index is 2230. The van der Waals surface area contributed by atoms with E-state index >= 15 is 0 Å². The molecule has 11 nitrogen and oxygen atoms in total. The molecule has 3 aromatic rings. The molecule has 270 valence electrons. The van der Waals surface area contributed by atoms with Crippen molar-refractivity contribution in [2.75, 3.05) is 26.7 Å². The van der Waals surface area contributed by atoms with Crippen LogP contribution in [-0.4, -0.2) is 72.6 Å². The fraction of sp³-hybridized carbons (Fsp3) is 0.308. The van der Waals surface area contributed by atoms with Gasteiger partial charge in [-0.25, -0.2) is 12.9 Å². The summed E-state index contributed by atoms with van der Waals surface area (Å²) in [5.41, 5.74) is 4.97. The number of rotatable bonds is 11. The number of fused-ring (bicyclic) bond motifs is 4. The van der Waals surface area contributed by atoms with Crippen LogP contribution in [0.4, 0.5) is 11.4 Å². The number of nitrogens with zero attached hydrogens (tertiary/aromatic N) is 4. The number of carbonyl (C=O) groups is 1. The first-order valence-corrected chi connectivity index (χ1v) is 19.2. The van der Waals surface area contributed by atoms with Crippen molar-refractivity contribution in [1.29, 1.82) is 0 Å². The highest BCUT2D eigenvalue weighted by Crippen LogP contribution is 2.66. The molecular formula is C39H40N4O7S2. The van der Waals surface area contributed by atoms with Crippen molar-refractivity contribution in [3.8, 4) is 0 Å². The minimum Gasteiger partial charge on any atom is -0.744 e. The lowest BCUT2D eigenvalue weighted by atomic mass is 9.81. The standard InChI is InChI=1S/C39H40N4O7S2/c1-37(2)30-18-16-28(51-50-49-45)24-32(30)41(5)34(37)14-10-7-11-15-35-38(3,4)31-19-17-29(52(46,47)48)25-33(31)43(35)23-20-39(43)36(44)42(39)22-21-40-26-27-12-8-6-9-13-27/h6-19,24-26H,20-23H2,1-5H3. The second kappa shape index (κ2) is 13.0. The molecule has 13 heteroatoms. The first-order chi connectivity index (χ1) is 24.7. The lowest BCUT2D eigenvalue weighted by molar-refractivity contribution is -0.777. The number of carbonyl (C=O) groups excluding carboxylic acids is 1. The highest BCUT2D eigenvalue weighted by molar-refractivity contribution is 7.94. The van der Waals surface area contributed by atoms with Crippen LogP contribution in [0.3, 0.4) is 0 Å². The fourth-order valence-electron chi connectivity index (χ4n) is 8.63. The molecule has 0 radical (unpaired) electrons. The Labute approximate surface area is 308 Å². The van der Waals surface area contributed by atoms with Crippen LogP contribution in [0.1, 0.15) is 50.8 Å². The van der Waals surface area contributed by atoms with Gasteiger partial charge in [0.05, 0.1) is 47.3 Å². The summed E-state index contributed by atoms with van der Waals surface area (Å²) >= 11 is 0.855. The molecule has 7 rings (SSSR count). The van der Waals surface area contributed by atoms with Crippen LogP contribution in [0.25, 0.3) is 0 Å². The second-order valence-corrected chi connectivity index (χ2v) is 16.7. The van der Waals surface area contributed by atoms with E-state index < -0.39 is 21.2 Å². The van der Waals surface area contributed by atoms with Gasteiger partial charge in [-0.3, -0.25) is 19.7 Å². The van der Waals surface area contributed by atoms with E-state index in [2.05, 4.69) is 52.7 Å². The van der Waals surface area contributed by atoms with Crippen LogP contribution in [0.2, 0.25) is 0 Å². The average molecular weight is 741 g/mol. The number of benzene rings is 3. The molecule has 0 aliphatic carbocycles. The van der Waals surface area contributed by atoms with Gasteiger partial charge in [-0.15, -0.1) is 0 Å². The summed E-state index contributed by atoms with van der Waals surface area (Å²) in [4.78, 5) is 20.7. The van der Waals surface area contributed by atoms with Gasteiger partial charge in [0, 0.05) is 47.0 Å². The maximum atomic E-state index is 13.9. The Kier molecular flexibility index (Phi) is 9.06. The molecule has 0 bridgehead atoms. The summed E-state index contributed by atoms with van der Waals surface area (Å²) in [7, 11) is -2.73. The van der Waals surface area contributed by atoms with E-state index in [0.717, 1.165) is 50.7 Å². The summed E-state index contributed by atoms with van der Waals surface area (Å²) in [6, 6.07) is 20.2. The molecule has 52 heavy (non-hydrogen) atoms. The van der Waals surface area contributed by atoms with Crippen LogP contribution >= 0.6 is 12.0 Å². The van der Waals surface area contributed by atoms with Crippen molar-refractivity contribution in [3.05, 3.63) is 119 Å². The van der Waals surface area contributed by atoms with Gasteiger partial charge in [0.15, 0.2) is 5.71 Å². The number of quaternary nitrogens is 1. The SMILES string of the molecule is C[N+]1=C(C=CC=CC=C2C(C)(C)c3ccc(S(=O)(=O)[O-])cc3[N+]23CCC32C(=O)N2CCN=Cc2ccccc2)C(C)(C)c2ccc(SOO[O-])cc21. The van der Waals surface area contributed by atoms with Gasteiger partial charge in [0.25, 0.3) is 5.66 Å². The van der Waals surface area contributed by atoms with Gasteiger partial charge in [0.2, 0.25) is 5.69 Å². The quantitative estimate of drug-likeness (QED) is 0.0302. The Morgan fingerprint density at radius 2 is 1.75 bits per heavy atom. The zero-order chi connectivity index (χ0) is 37.1. The maximum Gasteiger partial charge on any atom is 0.312 e. The molecule has 4 aliphatic heterocycles. The van der Waals surface area contributed by atoms with E-state index in [4.69, 9.17) is 0 Å². The van der Waals surface area contributed by atoms with Gasteiger partial charge in [0.1, 0.15) is 28.6 Å². The number of hydrogen-bond donors (Lipinski definition) is 0. The topological polar surface area (TPSA) is 134 Å². The van der Waals surface area contributed by atoms with Crippen molar-refractivity contribution >= 4 is 51.4 Å². The Morgan fingerprint density at radius 3 is 2.44 bits per heavy atom. The van der Waals surface area contributed by atoms with Crippen molar-refractivity contribution in [3.63, 3.8) is 0 Å². The van der Waals surface area contributed by atoms with Gasteiger partial charge < -0.3 is 9.81 Å². The predicted octanol–water partition coefficient (Wildman–Crippen LogP) is 5.18. The molecule has 2 unspecified atom stereocenters. The molecule has 2 atom stereocenters. The number of aliphatic imine (C=N–C) groups is 1. The first kappa shape index (κ1) is 36.2. The van der Waals surface area contributed by atoms with E-state index in [1.165, 1.54) is 12.1 Å². The number of amides is 1. The number of allylic oxidation sites excluding steroid dienone is 6. The third kappa shape index (κ3) is 5.54. The van der Waals surface area contributed by atoms with Crippen LogP contribution in [0.15, 0.2) is 118 Å². The van der Waals surface area contributed by atoms with Gasteiger partial charge in [-0.1, -0.05) is 60.7 Å². The summed E-state index contributed by atoms with van der Waals surface area (Å²) in [5.74, 6) is -0.00129. The molecule has 2 spiro atoms. The Hall–Kier alpha value is -4.21. The molecule has 3 aromatic carbocycles. The third-order valence-corrected chi connectivity index (χ3v) is 12.6. The lowest BCUT2D eigenvalue weighted by Crippen LogP contribution is -2.70. The second-order valence-electron chi connectivity index (χ2n) is 14.5. The molecule has 4 heterocycles. The zero-order valence-electron chi connectivity index (χ0n) is 29.6. The highest BCUT2D eigenvalue weighted by atomic mass is 32.2. The zero-order valence-corrected chi connectivity index (χ0v) is 31.2. The average Bonchev–Trinajstić information content (AvgIpc) is 3.60. The van der Waals surface area contributed by atoms with Crippen LogP contribution in [0, 0.1) is 0 Å². The van der Waals surface area contributed by atoms with Crippen LogP contribution in [0.5, 0.6) is 0 Å². The van der Waals surface area contributed by atoms with Gasteiger partial charge in [-0.2, -0.15) is 8.91 Å². The third-order valence-electron chi connectivity index (χ3n) is 11.2. The van der Waals surface area contributed by atoms with Crippen LogP contribution < -0.4 is 9.74 Å². The molecular weight excluding hydrogens is 701 g/mol. The first-order valence-electron chi connectivity index (χ1n) is 17.0. The summed E-state index contributed by atoms with van der Waals surface area (Å²) in [5, 5.41) is 13.8. The van der Waals surface area contributed by atoms with Crippen molar-refractivity contribution in [2.24, 2.45) is 4.99 Å². The van der Waals surface area contributed by atoms with E-state index in [9.17, 15) is 23.0 Å².